The summed E-state index contributed by atoms with van der Waals surface area (Å²) in [5.41, 5.74) is 7.55. The van der Waals surface area contributed by atoms with Crippen molar-refractivity contribution in [3.8, 4) is 11.5 Å². The van der Waals surface area contributed by atoms with Gasteiger partial charge in [0.1, 0.15) is 11.5 Å². The zero-order chi connectivity index (χ0) is 22.1. The van der Waals surface area contributed by atoms with Crippen LogP contribution in [0.25, 0.3) is 22.5 Å². The highest BCUT2D eigenvalue weighted by molar-refractivity contribution is 7.98. The van der Waals surface area contributed by atoms with Gasteiger partial charge in [-0.05, 0) is 44.0 Å². The van der Waals surface area contributed by atoms with Crippen molar-refractivity contribution in [2.24, 2.45) is 0 Å². The Morgan fingerprint density at radius 2 is 1.75 bits per heavy atom. The molecule has 5 aromatic rings. The van der Waals surface area contributed by atoms with Crippen molar-refractivity contribution >= 4 is 22.8 Å². The SMILES string of the molecule is Cc1ccc(CSc2nc3ccncc3n2Cc2nc(-c3ccccc3C)oc2C)cc1. The molecule has 0 bridgehead atoms. The number of fused-ring (bicyclic) bond motifs is 1. The summed E-state index contributed by atoms with van der Waals surface area (Å²) in [6.07, 6.45) is 3.65. The van der Waals surface area contributed by atoms with Crippen molar-refractivity contribution < 1.29 is 4.42 Å². The molecule has 32 heavy (non-hydrogen) atoms. The topological polar surface area (TPSA) is 56.7 Å². The van der Waals surface area contributed by atoms with E-state index in [0.29, 0.717) is 12.4 Å². The average molecular weight is 441 g/mol. The molecule has 0 saturated carbocycles. The molecule has 0 aliphatic rings. The van der Waals surface area contributed by atoms with E-state index in [1.165, 1.54) is 11.1 Å². The minimum atomic E-state index is 0.583. The lowest BCUT2D eigenvalue weighted by atomic mass is 10.1. The lowest BCUT2D eigenvalue weighted by Crippen LogP contribution is -2.03. The summed E-state index contributed by atoms with van der Waals surface area (Å²) in [6.45, 7) is 6.73. The summed E-state index contributed by atoms with van der Waals surface area (Å²) in [5, 5.41) is 0.952. The molecular formula is C26H24N4OS. The van der Waals surface area contributed by atoms with Gasteiger partial charge in [-0.15, -0.1) is 0 Å². The first-order chi connectivity index (χ1) is 15.6. The Kier molecular flexibility index (Phi) is 5.53. The number of benzene rings is 2. The Balaban J connectivity index is 1.48. The van der Waals surface area contributed by atoms with Crippen molar-refractivity contribution in [2.75, 3.05) is 0 Å². The second-order valence-corrected chi connectivity index (χ2v) is 8.90. The Bertz CT molecular complexity index is 1390. The molecule has 0 spiro atoms. The minimum Gasteiger partial charge on any atom is -0.441 e. The highest BCUT2D eigenvalue weighted by Crippen LogP contribution is 2.30. The molecule has 0 atom stereocenters. The summed E-state index contributed by atoms with van der Waals surface area (Å²) < 4.78 is 8.24. The van der Waals surface area contributed by atoms with Crippen LogP contribution in [-0.4, -0.2) is 19.5 Å². The van der Waals surface area contributed by atoms with Gasteiger partial charge in [0.05, 0.1) is 23.8 Å². The molecule has 5 rings (SSSR count). The molecule has 2 aromatic carbocycles. The molecular weight excluding hydrogens is 416 g/mol. The van der Waals surface area contributed by atoms with Crippen molar-refractivity contribution in [3.63, 3.8) is 0 Å². The fraction of sp³-hybridized carbons (Fsp3) is 0.192. The van der Waals surface area contributed by atoms with Crippen molar-refractivity contribution in [1.82, 2.24) is 19.5 Å². The molecule has 0 aliphatic heterocycles. The minimum absolute atomic E-state index is 0.583. The van der Waals surface area contributed by atoms with E-state index in [0.717, 1.165) is 44.5 Å². The third-order valence-electron chi connectivity index (χ3n) is 5.58. The number of rotatable bonds is 6. The fourth-order valence-corrected chi connectivity index (χ4v) is 4.67. The van der Waals surface area contributed by atoms with E-state index in [9.17, 15) is 0 Å². The van der Waals surface area contributed by atoms with Crippen LogP contribution in [0.15, 0.2) is 76.6 Å². The first-order valence-corrected chi connectivity index (χ1v) is 11.6. The molecule has 3 aromatic heterocycles. The quantitative estimate of drug-likeness (QED) is 0.288. The van der Waals surface area contributed by atoms with E-state index in [4.69, 9.17) is 14.4 Å². The number of aromatic nitrogens is 4. The van der Waals surface area contributed by atoms with E-state index in [2.05, 4.69) is 53.7 Å². The number of pyridine rings is 1. The summed E-state index contributed by atoms with van der Waals surface area (Å²) in [5.74, 6) is 2.33. The van der Waals surface area contributed by atoms with Crippen LogP contribution in [0.5, 0.6) is 0 Å². The average Bonchev–Trinajstić information content (AvgIpc) is 3.34. The van der Waals surface area contributed by atoms with Gasteiger partial charge in [0.25, 0.3) is 0 Å². The number of oxazole rings is 1. The summed E-state index contributed by atoms with van der Waals surface area (Å²) in [4.78, 5) is 14.1. The maximum absolute atomic E-state index is 6.06. The van der Waals surface area contributed by atoms with Gasteiger partial charge >= 0.3 is 0 Å². The lowest BCUT2D eigenvalue weighted by molar-refractivity contribution is 0.537. The molecule has 0 unspecified atom stereocenters. The Morgan fingerprint density at radius 3 is 2.56 bits per heavy atom. The second-order valence-electron chi connectivity index (χ2n) is 7.96. The smallest absolute Gasteiger partial charge is 0.226 e. The van der Waals surface area contributed by atoms with E-state index in [1.807, 2.05) is 37.4 Å². The summed E-state index contributed by atoms with van der Waals surface area (Å²) in [6, 6.07) is 18.8. The van der Waals surface area contributed by atoms with Gasteiger partial charge in [-0.3, -0.25) is 4.98 Å². The second kappa shape index (κ2) is 8.63. The van der Waals surface area contributed by atoms with Gasteiger partial charge in [-0.1, -0.05) is 59.8 Å². The Morgan fingerprint density at radius 1 is 0.938 bits per heavy atom. The molecule has 0 saturated heterocycles. The molecule has 0 N–H and O–H groups in total. The van der Waals surface area contributed by atoms with E-state index < -0.39 is 0 Å². The predicted octanol–water partition coefficient (Wildman–Crippen LogP) is 6.35. The predicted molar refractivity (Wildman–Crippen MR) is 129 cm³/mol. The molecule has 0 amide bonds. The molecule has 0 fully saturated rings. The molecule has 5 nitrogen and oxygen atoms in total. The molecule has 0 radical (unpaired) electrons. The van der Waals surface area contributed by atoms with E-state index >= 15 is 0 Å². The monoisotopic (exact) mass is 440 g/mol. The number of thioether (sulfide) groups is 1. The van der Waals surface area contributed by atoms with E-state index in [-0.39, 0.29) is 0 Å². The maximum atomic E-state index is 6.06. The Hall–Kier alpha value is -3.38. The van der Waals surface area contributed by atoms with Crippen molar-refractivity contribution in [1.29, 1.82) is 0 Å². The van der Waals surface area contributed by atoms with Crippen LogP contribution in [0, 0.1) is 20.8 Å². The number of aryl methyl sites for hydroxylation is 3. The van der Waals surface area contributed by atoms with Crippen LogP contribution in [0.4, 0.5) is 0 Å². The summed E-state index contributed by atoms with van der Waals surface area (Å²) >= 11 is 1.73. The fourth-order valence-electron chi connectivity index (χ4n) is 3.70. The van der Waals surface area contributed by atoms with E-state index in [1.54, 1.807) is 18.0 Å². The molecule has 6 heteroatoms. The standard InChI is InChI=1S/C26H24N4OS/c1-17-8-10-20(11-9-17)16-32-26-29-22-12-13-27-14-24(22)30(26)15-23-19(3)31-25(28-23)21-7-5-4-6-18(21)2/h4-14H,15-16H2,1-3H3. The van der Waals surface area contributed by atoms with Crippen LogP contribution < -0.4 is 0 Å². The van der Waals surface area contributed by atoms with Gasteiger partial charge in [-0.25, -0.2) is 9.97 Å². The van der Waals surface area contributed by atoms with Crippen molar-refractivity contribution in [3.05, 3.63) is 95.1 Å². The molecule has 0 aliphatic carbocycles. The van der Waals surface area contributed by atoms with Crippen LogP contribution in [0.2, 0.25) is 0 Å². The third kappa shape index (κ3) is 4.06. The number of nitrogens with zero attached hydrogens (tertiary/aromatic N) is 4. The first-order valence-electron chi connectivity index (χ1n) is 10.6. The lowest BCUT2D eigenvalue weighted by Gasteiger charge is -2.08. The highest BCUT2D eigenvalue weighted by Gasteiger charge is 2.18. The largest absolute Gasteiger partial charge is 0.441 e. The van der Waals surface area contributed by atoms with Crippen LogP contribution >= 0.6 is 11.8 Å². The zero-order valence-corrected chi connectivity index (χ0v) is 19.2. The first kappa shape index (κ1) is 20.5. The molecule has 160 valence electrons. The third-order valence-corrected chi connectivity index (χ3v) is 6.63. The normalized spacial score (nSPS) is 11.3. The van der Waals surface area contributed by atoms with Gasteiger partial charge < -0.3 is 8.98 Å². The van der Waals surface area contributed by atoms with Crippen LogP contribution in [0.1, 0.15) is 28.1 Å². The highest BCUT2D eigenvalue weighted by atomic mass is 32.2. The Labute approximate surface area is 191 Å². The number of imidazole rings is 1. The van der Waals surface area contributed by atoms with Crippen LogP contribution in [-0.2, 0) is 12.3 Å². The van der Waals surface area contributed by atoms with Gasteiger partial charge in [-0.2, -0.15) is 0 Å². The molecule has 3 heterocycles. The number of hydrogen-bond acceptors (Lipinski definition) is 5. The zero-order valence-electron chi connectivity index (χ0n) is 18.4. The number of hydrogen-bond donors (Lipinski definition) is 0. The maximum Gasteiger partial charge on any atom is 0.226 e. The van der Waals surface area contributed by atoms with Crippen LogP contribution in [0.3, 0.4) is 0 Å². The van der Waals surface area contributed by atoms with Gasteiger partial charge in [0.15, 0.2) is 5.16 Å². The van der Waals surface area contributed by atoms with Gasteiger partial charge in [0.2, 0.25) is 5.89 Å². The van der Waals surface area contributed by atoms with Gasteiger partial charge in [0, 0.05) is 17.5 Å². The summed E-state index contributed by atoms with van der Waals surface area (Å²) in [7, 11) is 0. The van der Waals surface area contributed by atoms with Crippen molar-refractivity contribution in [2.45, 2.75) is 38.2 Å².